The van der Waals surface area contributed by atoms with Gasteiger partial charge in [0.05, 0.1) is 0 Å². The van der Waals surface area contributed by atoms with E-state index in [0.717, 1.165) is 12.8 Å². The maximum absolute atomic E-state index is 3.82. The van der Waals surface area contributed by atoms with Crippen LogP contribution < -0.4 is 0 Å². The van der Waals surface area contributed by atoms with Gasteiger partial charge in [0.15, 0.2) is 0 Å². The first kappa shape index (κ1) is 7.48. The molecule has 0 spiro atoms. The zero-order chi connectivity index (χ0) is 6.41. The van der Waals surface area contributed by atoms with E-state index in [-0.39, 0.29) is 0 Å². The Morgan fingerprint density at radius 1 is 1.50 bits per heavy atom. The first-order valence-corrected chi connectivity index (χ1v) is 3.15. The SMILES string of the molecule is C=C(/C=C/CC)CC. The van der Waals surface area contributed by atoms with Crippen molar-refractivity contribution < 1.29 is 0 Å². The molecule has 0 unspecified atom stereocenters. The molecule has 0 bridgehead atoms. The fourth-order valence-electron chi connectivity index (χ4n) is 0.402. The van der Waals surface area contributed by atoms with Gasteiger partial charge in [-0.15, -0.1) is 0 Å². The van der Waals surface area contributed by atoms with E-state index < -0.39 is 0 Å². The second kappa shape index (κ2) is 4.63. The number of hydrogen-bond donors (Lipinski definition) is 0. The lowest BCUT2D eigenvalue weighted by Gasteiger charge is -1.87. The fraction of sp³-hybridized carbons (Fsp3) is 0.500. The summed E-state index contributed by atoms with van der Waals surface area (Å²) in [6, 6.07) is 0. The van der Waals surface area contributed by atoms with Gasteiger partial charge in [0.25, 0.3) is 0 Å². The molecule has 0 N–H and O–H groups in total. The zero-order valence-corrected chi connectivity index (χ0v) is 5.78. The van der Waals surface area contributed by atoms with Gasteiger partial charge in [-0.05, 0) is 12.8 Å². The van der Waals surface area contributed by atoms with Crippen molar-refractivity contribution in [2.75, 3.05) is 0 Å². The highest BCUT2D eigenvalue weighted by Crippen LogP contribution is 1.97. The molecule has 0 aromatic rings. The van der Waals surface area contributed by atoms with Gasteiger partial charge in [-0.3, -0.25) is 0 Å². The standard InChI is InChI=1S/C8H14/c1-4-6-7-8(3)5-2/h6-7H,3-5H2,1-2H3/b7-6+. The smallest absolute Gasteiger partial charge is 0.0313 e. The molecule has 8 heavy (non-hydrogen) atoms. The van der Waals surface area contributed by atoms with Crippen LogP contribution in [0.2, 0.25) is 0 Å². The Labute approximate surface area is 51.9 Å². The highest BCUT2D eigenvalue weighted by molar-refractivity contribution is 5.12. The zero-order valence-electron chi connectivity index (χ0n) is 5.78. The molecule has 46 valence electrons. The van der Waals surface area contributed by atoms with Crippen molar-refractivity contribution in [2.24, 2.45) is 0 Å². The average Bonchev–Trinajstić information content (AvgIpc) is 1.83. The monoisotopic (exact) mass is 110 g/mol. The van der Waals surface area contributed by atoms with Gasteiger partial charge >= 0.3 is 0 Å². The summed E-state index contributed by atoms with van der Waals surface area (Å²) in [6.45, 7) is 8.06. The summed E-state index contributed by atoms with van der Waals surface area (Å²) in [6.07, 6.45) is 6.39. The van der Waals surface area contributed by atoms with Crippen molar-refractivity contribution in [1.29, 1.82) is 0 Å². The van der Waals surface area contributed by atoms with Gasteiger partial charge in [0.2, 0.25) is 0 Å². The summed E-state index contributed by atoms with van der Waals surface area (Å²) in [4.78, 5) is 0. The molecular weight excluding hydrogens is 96.1 g/mol. The minimum atomic E-state index is 1.07. The van der Waals surface area contributed by atoms with E-state index >= 15 is 0 Å². The third kappa shape index (κ3) is 3.66. The average molecular weight is 110 g/mol. The third-order valence-corrected chi connectivity index (χ3v) is 1.04. The largest absolute Gasteiger partial charge is 0.0959 e. The van der Waals surface area contributed by atoms with Crippen LogP contribution in [0.4, 0.5) is 0 Å². The van der Waals surface area contributed by atoms with Gasteiger partial charge in [0.1, 0.15) is 0 Å². The number of hydrogen-bond acceptors (Lipinski definition) is 0. The molecule has 0 rings (SSSR count). The van der Waals surface area contributed by atoms with E-state index in [1.807, 2.05) is 0 Å². The molecule has 0 nitrogen and oxygen atoms in total. The lowest BCUT2D eigenvalue weighted by molar-refractivity contribution is 1.14. The van der Waals surface area contributed by atoms with Crippen molar-refractivity contribution in [2.45, 2.75) is 26.7 Å². The molecule has 0 aromatic carbocycles. The van der Waals surface area contributed by atoms with Crippen LogP contribution in [0.25, 0.3) is 0 Å². The van der Waals surface area contributed by atoms with Crippen molar-refractivity contribution in [1.82, 2.24) is 0 Å². The Morgan fingerprint density at radius 2 is 2.12 bits per heavy atom. The number of rotatable bonds is 3. The Kier molecular flexibility index (Phi) is 4.33. The molecule has 0 fully saturated rings. The van der Waals surface area contributed by atoms with E-state index in [9.17, 15) is 0 Å². The predicted molar refractivity (Wildman–Crippen MR) is 38.9 cm³/mol. The summed E-state index contributed by atoms with van der Waals surface area (Å²) in [7, 11) is 0. The minimum absolute atomic E-state index is 1.07. The van der Waals surface area contributed by atoms with E-state index in [1.165, 1.54) is 5.57 Å². The summed E-state index contributed by atoms with van der Waals surface area (Å²) in [5.41, 5.74) is 1.21. The van der Waals surface area contributed by atoms with E-state index in [1.54, 1.807) is 0 Å². The van der Waals surface area contributed by atoms with Crippen molar-refractivity contribution >= 4 is 0 Å². The van der Waals surface area contributed by atoms with Crippen LogP contribution in [0.3, 0.4) is 0 Å². The van der Waals surface area contributed by atoms with Gasteiger partial charge in [-0.25, -0.2) is 0 Å². The Morgan fingerprint density at radius 3 is 2.50 bits per heavy atom. The van der Waals surface area contributed by atoms with E-state index in [2.05, 4.69) is 32.6 Å². The molecule has 0 saturated carbocycles. The maximum atomic E-state index is 3.82. The molecule has 0 radical (unpaired) electrons. The molecule has 0 heterocycles. The Balaban J connectivity index is 3.37. The van der Waals surface area contributed by atoms with Crippen molar-refractivity contribution in [3.63, 3.8) is 0 Å². The molecule has 0 amide bonds. The summed E-state index contributed by atoms with van der Waals surface area (Å²) >= 11 is 0. The van der Waals surface area contributed by atoms with Crippen LogP contribution in [-0.2, 0) is 0 Å². The number of allylic oxidation sites excluding steroid dienone is 3. The topological polar surface area (TPSA) is 0 Å². The molecule has 0 saturated heterocycles. The van der Waals surface area contributed by atoms with Crippen molar-refractivity contribution in [3.8, 4) is 0 Å². The highest BCUT2D eigenvalue weighted by Gasteiger charge is 1.76. The quantitative estimate of drug-likeness (QED) is 0.490. The molecule has 0 atom stereocenters. The Hall–Kier alpha value is -0.520. The van der Waals surface area contributed by atoms with Crippen LogP contribution in [-0.4, -0.2) is 0 Å². The van der Waals surface area contributed by atoms with E-state index in [0.29, 0.717) is 0 Å². The van der Waals surface area contributed by atoms with Crippen LogP contribution in [0, 0.1) is 0 Å². The summed E-state index contributed by atoms with van der Waals surface area (Å²) < 4.78 is 0. The Bertz CT molecular complexity index is 88.2. The maximum Gasteiger partial charge on any atom is -0.0313 e. The van der Waals surface area contributed by atoms with Gasteiger partial charge in [-0.1, -0.05) is 38.2 Å². The predicted octanol–water partition coefficient (Wildman–Crippen LogP) is 2.92. The summed E-state index contributed by atoms with van der Waals surface area (Å²) in [5.74, 6) is 0. The second-order valence-corrected chi connectivity index (χ2v) is 1.82. The van der Waals surface area contributed by atoms with Gasteiger partial charge < -0.3 is 0 Å². The molecule has 0 aliphatic heterocycles. The molecule has 0 heteroatoms. The van der Waals surface area contributed by atoms with Gasteiger partial charge in [0, 0.05) is 0 Å². The molecule has 0 aromatic heterocycles. The fourth-order valence-corrected chi connectivity index (χ4v) is 0.402. The first-order chi connectivity index (χ1) is 3.81. The first-order valence-electron chi connectivity index (χ1n) is 3.15. The minimum Gasteiger partial charge on any atom is -0.0959 e. The van der Waals surface area contributed by atoms with Crippen LogP contribution in [0.1, 0.15) is 26.7 Å². The van der Waals surface area contributed by atoms with Crippen LogP contribution in [0.5, 0.6) is 0 Å². The highest BCUT2D eigenvalue weighted by atomic mass is 13.8. The van der Waals surface area contributed by atoms with E-state index in [4.69, 9.17) is 0 Å². The molecule has 0 aliphatic rings. The van der Waals surface area contributed by atoms with Gasteiger partial charge in [-0.2, -0.15) is 0 Å². The third-order valence-electron chi connectivity index (χ3n) is 1.04. The van der Waals surface area contributed by atoms with Crippen LogP contribution >= 0.6 is 0 Å². The molecule has 0 aliphatic carbocycles. The van der Waals surface area contributed by atoms with Crippen molar-refractivity contribution in [3.05, 3.63) is 24.3 Å². The normalized spacial score (nSPS) is 10.2. The second-order valence-electron chi connectivity index (χ2n) is 1.82. The summed E-state index contributed by atoms with van der Waals surface area (Å²) in [5, 5.41) is 0. The van der Waals surface area contributed by atoms with Crippen LogP contribution in [0.15, 0.2) is 24.3 Å². The lowest BCUT2D eigenvalue weighted by atomic mass is 10.2. The molecular formula is C8H14. The lowest BCUT2D eigenvalue weighted by Crippen LogP contribution is -1.66.